The van der Waals surface area contributed by atoms with Gasteiger partial charge in [0, 0.05) is 12.1 Å². The third-order valence-corrected chi connectivity index (χ3v) is 3.56. The maximum Gasteiger partial charge on any atom is 0.390 e. The SMILES string of the molecule is CC(CC(F)(F)F)NC1C(C)CCCC1C. The average Bonchev–Trinajstić information content (AvgIpc) is 2.08. The Hall–Kier alpha value is -0.250. The topological polar surface area (TPSA) is 12.0 Å². The molecule has 1 rings (SSSR count). The van der Waals surface area contributed by atoms with Crippen molar-refractivity contribution in [3.63, 3.8) is 0 Å². The molecule has 16 heavy (non-hydrogen) atoms. The van der Waals surface area contributed by atoms with Gasteiger partial charge in [0.1, 0.15) is 0 Å². The standard InChI is InChI=1S/C12H22F3N/c1-8-5-4-6-9(2)11(8)16-10(3)7-12(13,14)15/h8-11,16H,4-7H2,1-3H3. The third-order valence-electron chi connectivity index (χ3n) is 3.56. The molecule has 1 nitrogen and oxygen atoms in total. The van der Waals surface area contributed by atoms with E-state index in [1.807, 2.05) is 0 Å². The summed E-state index contributed by atoms with van der Waals surface area (Å²) in [7, 11) is 0. The van der Waals surface area contributed by atoms with Gasteiger partial charge in [-0.3, -0.25) is 0 Å². The van der Waals surface area contributed by atoms with E-state index in [0.29, 0.717) is 11.8 Å². The summed E-state index contributed by atoms with van der Waals surface area (Å²) < 4.78 is 36.6. The van der Waals surface area contributed by atoms with E-state index in [2.05, 4.69) is 19.2 Å². The number of rotatable bonds is 3. The fraction of sp³-hybridized carbons (Fsp3) is 1.00. The van der Waals surface area contributed by atoms with Crippen molar-refractivity contribution in [3.05, 3.63) is 0 Å². The first-order valence-corrected chi connectivity index (χ1v) is 6.12. The Balaban J connectivity index is 2.45. The van der Waals surface area contributed by atoms with E-state index >= 15 is 0 Å². The Morgan fingerprint density at radius 2 is 1.69 bits per heavy atom. The summed E-state index contributed by atoms with van der Waals surface area (Å²) in [4.78, 5) is 0. The minimum atomic E-state index is -4.06. The van der Waals surface area contributed by atoms with Crippen molar-refractivity contribution in [2.24, 2.45) is 11.8 Å². The molecule has 1 N–H and O–H groups in total. The Bertz CT molecular complexity index is 205. The lowest BCUT2D eigenvalue weighted by molar-refractivity contribution is -0.140. The van der Waals surface area contributed by atoms with Crippen LogP contribution in [-0.2, 0) is 0 Å². The van der Waals surface area contributed by atoms with Gasteiger partial charge in [0.05, 0.1) is 6.42 Å². The molecule has 1 aliphatic carbocycles. The van der Waals surface area contributed by atoms with Gasteiger partial charge in [0.15, 0.2) is 0 Å². The maximum atomic E-state index is 12.2. The van der Waals surface area contributed by atoms with Crippen LogP contribution in [0.3, 0.4) is 0 Å². The number of nitrogens with one attached hydrogen (secondary N) is 1. The van der Waals surface area contributed by atoms with Crippen molar-refractivity contribution in [2.75, 3.05) is 0 Å². The summed E-state index contributed by atoms with van der Waals surface area (Å²) in [6.45, 7) is 5.89. The van der Waals surface area contributed by atoms with Crippen LogP contribution in [0.5, 0.6) is 0 Å². The lowest BCUT2D eigenvalue weighted by atomic mass is 9.78. The van der Waals surface area contributed by atoms with E-state index in [0.717, 1.165) is 12.8 Å². The minimum Gasteiger partial charge on any atom is -0.311 e. The van der Waals surface area contributed by atoms with Crippen molar-refractivity contribution in [2.45, 2.75) is 64.7 Å². The molecule has 1 fully saturated rings. The second kappa shape index (κ2) is 5.39. The maximum absolute atomic E-state index is 12.2. The molecule has 1 saturated carbocycles. The zero-order chi connectivity index (χ0) is 12.3. The molecule has 0 heterocycles. The smallest absolute Gasteiger partial charge is 0.311 e. The number of alkyl halides is 3. The second-order valence-electron chi connectivity index (χ2n) is 5.30. The van der Waals surface area contributed by atoms with Gasteiger partial charge in [-0.1, -0.05) is 20.3 Å². The Morgan fingerprint density at radius 1 is 1.19 bits per heavy atom. The van der Waals surface area contributed by atoms with Crippen molar-refractivity contribution in [1.82, 2.24) is 5.32 Å². The van der Waals surface area contributed by atoms with E-state index in [-0.39, 0.29) is 6.04 Å². The molecule has 0 radical (unpaired) electrons. The van der Waals surface area contributed by atoms with Crippen LogP contribution in [0.25, 0.3) is 0 Å². The van der Waals surface area contributed by atoms with Gasteiger partial charge in [-0.2, -0.15) is 13.2 Å². The highest BCUT2D eigenvalue weighted by atomic mass is 19.4. The van der Waals surface area contributed by atoms with Crippen LogP contribution < -0.4 is 5.32 Å². The zero-order valence-electron chi connectivity index (χ0n) is 10.3. The van der Waals surface area contributed by atoms with Crippen LogP contribution >= 0.6 is 0 Å². The lowest BCUT2D eigenvalue weighted by Crippen LogP contribution is -2.47. The molecule has 0 aromatic rings. The molecule has 0 bridgehead atoms. The van der Waals surface area contributed by atoms with Crippen molar-refractivity contribution in [3.8, 4) is 0 Å². The van der Waals surface area contributed by atoms with Crippen LogP contribution in [-0.4, -0.2) is 18.3 Å². The van der Waals surface area contributed by atoms with E-state index in [9.17, 15) is 13.2 Å². The Morgan fingerprint density at radius 3 is 2.12 bits per heavy atom. The molecule has 0 saturated heterocycles. The molecule has 3 atom stereocenters. The first kappa shape index (κ1) is 13.8. The predicted molar refractivity (Wildman–Crippen MR) is 59.2 cm³/mol. The fourth-order valence-electron chi connectivity index (χ4n) is 2.74. The second-order valence-corrected chi connectivity index (χ2v) is 5.30. The van der Waals surface area contributed by atoms with E-state index in [1.54, 1.807) is 6.92 Å². The summed E-state index contributed by atoms with van der Waals surface area (Å²) in [5, 5.41) is 3.15. The summed E-state index contributed by atoms with van der Waals surface area (Å²) in [6, 6.07) is -0.237. The third kappa shape index (κ3) is 4.32. The van der Waals surface area contributed by atoms with E-state index < -0.39 is 18.6 Å². The predicted octanol–water partition coefficient (Wildman–Crippen LogP) is 3.74. The molecular weight excluding hydrogens is 215 g/mol. The van der Waals surface area contributed by atoms with Gasteiger partial charge >= 0.3 is 6.18 Å². The van der Waals surface area contributed by atoms with Crippen LogP contribution in [0, 0.1) is 11.8 Å². The van der Waals surface area contributed by atoms with Gasteiger partial charge in [0.2, 0.25) is 0 Å². The van der Waals surface area contributed by atoms with Gasteiger partial charge < -0.3 is 5.32 Å². The first-order chi connectivity index (χ1) is 7.29. The molecule has 0 aliphatic heterocycles. The van der Waals surface area contributed by atoms with Crippen molar-refractivity contribution < 1.29 is 13.2 Å². The molecule has 1 aliphatic rings. The lowest BCUT2D eigenvalue weighted by Gasteiger charge is -2.37. The highest BCUT2D eigenvalue weighted by Crippen LogP contribution is 2.30. The summed E-state index contributed by atoms with van der Waals surface area (Å²) in [5.41, 5.74) is 0. The van der Waals surface area contributed by atoms with Crippen LogP contribution in [0.4, 0.5) is 13.2 Å². The number of halogens is 3. The van der Waals surface area contributed by atoms with Crippen LogP contribution in [0.1, 0.15) is 46.5 Å². The Kier molecular flexibility index (Phi) is 4.65. The average molecular weight is 237 g/mol. The molecule has 0 spiro atoms. The van der Waals surface area contributed by atoms with E-state index in [4.69, 9.17) is 0 Å². The fourth-order valence-corrected chi connectivity index (χ4v) is 2.74. The van der Waals surface area contributed by atoms with Gasteiger partial charge in [-0.15, -0.1) is 0 Å². The van der Waals surface area contributed by atoms with Gasteiger partial charge in [0.25, 0.3) is 0 Å². The molecule has 4 heteroatoms. The minimum absolute atomic E-state index is 0.242. The van der Waals surface area contributed by atoms with Gasteiger partial charge in [-0.05, 0) is 31.6 Å². The number of hydrogen-bond donors (Lipinski definition) is 1. The van der Waals surface area contributed by atoms with Crippen molar-refractivity contribution in [1.29, 1.82) is 0 Å². The molecule has 0 aromatic heterocycles. The molecule has 3 unspecified atom stereocenters. The highest BCUT2D eigenvalue weighted by molar-refractivity contribution is 4.85. The van der Waals surface area contributed by atoms with Crippen LogP contribution in [0.2, 0.25) is 0 Å². The summed E-state index contributed by atoms with van der Waals surface area (Å²) >= 11 is 0. The molecule has 0 amide bonds. The zero-order valence-corrected chi connectivity index (χ0v) is 10.3. The summed E-state index contributed by atoms with van der Waals surface area (Å²) in [5.74, 6) is 0.971. The van der Waals surface area contributed by atoms with Crippen LogP contribution in [0.15, 0.2) is 0 Å². The molecule has 96 valence electrons. The first-order valence-electron chi connectivity index (χ1n) is 6.12. The normalized spacial score (nSPS) is 33.8. The van der Waals surface area contributed by atoms with Crippen molar-refractivity contribution >= 4 is 0 Å². The Labute approximate surface area is 95.8 Å². The monoisotopic (exact) mass is 237 g/mol. The largest absolute Gasteiger partial charge is 0.390 e. The number of hydrogen-bond acceptors (Lipinski definition) is 1. The quantitative estimate of drug-likeness (QED) is 0.788. The van der Waals surface area contributed by atoms with E-state index in [1.165, 1.54) is 6.42 Å². The summed E-state index contributed by atoms with van der Waals surface area (Å²) in [6.07, 6.45) is -1.34. The highest BCUT2D eigenvalue weighted by Gasteiger charge is 2.33. The molecular formula is C12H22F3N. The van der Waals surface area contributed by atoms with Gasteiger partial charge in [-0.25, -0.2) is 0 Å². The molecule has 0 aromatic carbocycles.